The molecule has 0 aromatic heterocycles. The van der Waals surface area contributed by atoms with Crippen molar-refractivity contribution in [2.45, 2.75) is 27.7 Å². The number of carbonyl (C=O) groups is 2. The molecule has 14 rings (SSSR count). The van der Waals surface area contributed by atoms with E-state index in [1.54, 1.807) is 0 Å². The highest BCUT2D eigenvalue weighted by molar-refractivity contribution is 6.23. The molecule has 0 heterocycles. The Hall–Kier alpha value is -10.0. The maximum Gasteiger partial charge on any atom is 0.194 e. The number of aryl methyl sites for hydroxylation is 4. The van der Waals surface area contributed by atoms with Gasteiger partial charge in [0.15, 0.2) is 11.6 Å². The van der Waals surface area contributed by atoms with Crippen LogP contribution in [0.15, 0.2) is 267 Å². The predicted octanol–water partition coefficient (Wildman–Crippen LogP) is 20.4. The zero-order valence-electron chi connectivity index (χ0n) is 45.2. The lowest BCUT2D eigenvalue weighted by Crippen LogP contribution is -1.96. The Labute approximate surface area is 469 Å². The molecule has 2 aliphatic carbocycles. The van der Waals surface area contributed by atoms with Crippen molar-refractivity contribution in [3.8, 4) is 111 Å². The minimum atomic E-state index is 0.0989. The van der Waals surface area contributed by atoms with Crippen LogP contribution >= 0.6 is 0 Å². The van der Waals surface area contributed by atoms with E-state index in [2.05, 4.69) is 295 Å². The second-order valence-corrected chi connectivity index (χ2v) is 21.3. The van der Waals surface area contributed by atoms with Crippen LogP contribution < -0.4 is 0 Å². The summed E-state index contributed by atoms with van der Waals surface area (Å²) in [5.74, 6) is 0.198. The van der Waals surface area contributed by atoms with Crippen LogP contribution in [-0.4, -0.2) is 11.6 Å². The van der Waals surface area contributed by atoms with E-state index in [4.69, 9.17) is 0 Å². The molecule has 0 aliphatic heterocycles. The maximum absolute atomic E-state index is 13.6. The highest BCUT2D eigenvalue weighted by Gasteiger charge is 2.29. The minimum Gasteiger partial charge on any atom is -0.289 e. The molecule has 380 valence electrons. The molecule has 0 saturated heterocycles. The molecule has 0 spiro atoms. The van der Waals surface area contributed by atoms with Crippen LogP contribution in [0.1, 0.15) is 54.1 Å². The number of rotatable bonds is 8. The van der Waals surface area contributed by atoms with Gasteiger partial charge in [-0.2, -0.15) is 0 Å². The Morgan fingerprint density at radius 1 is 0.163 bits per heavy atom. The SMILES string of the molecule is Cc1ccccc1-c1ccc(-c2ccc3c(c2)C(=O)c2cc(-c4ccc(-c5ccccc5C)cc4)ccc2-3)cc1.Cc1ccccc1-c1ccc(-c2ccc3c(c2)C(=O)c2cc(-c4ccc(-c5ccccc5C)cc4)ccc2-3)cc1. The average Bonchev–Trinajstić information content (AvgIpc) is 3.99. The molecule has 0 radical (unpaired) electrons. The van der Waals surface area contributed by atoms with E-state index in [1.807, 2.05) is 0 Å². The second-order valence-electron chi connectivity index (χ2n) is 21.3. The van der Waals surface area contributed by atoms with Crippen molar-refractivity contribution in [3.63, 3.8) is 0 Å². The smallest absolute Gasteiger partial charge is 0.194 e. The lowest BCUT2D eigenvalue weighted by Gasteiger charge is -2.09. The van der Waals surface area contributed by atoms with Crippen molar-refractivity contribution in [2.24, 2.45) is 0 Å². The fourth-order valence-corrected chi connectivity index (χ4v) is 11.8. The van der Waals surface area contributed by atoms with Crippen molar-refractivity contribution in [1.82, 2.24) is 0 Å². The fraction of sp³-hybridized carbons (Fsp3) is 0.0513. The van der Waals surface area contributed by atoms with Crippen molar-refractivity contribution in [2.75, 3.05) is 0 Å². The highest BCUT2D eigenvalue weighted by atomic mass is 16.1. The zero-order valence-corrected chi connectivity index (χ0v) is 45.2. The van der Waals surface area contributed by atoms with Crippen LogP contribution in [-0.2, 0) is 0 Å². The van der Waals surface area contributed by atoms with E-state index in [-0.39, 0.29) is 11.6 Å². The molecule has 2 aliphatic rings. The number of benzene rings is 12. The van der Waals surface area contributed by atoms with Crippen molar-refractivity contribution in [1.29, 1.82) is 0 Å². The van der Waals surface area contributed by atoms with Crippen molar-refractivity contribution in [3.05, 3.63) is 311 Å². The van der Waals surface area contributed by atoms with Gasteiger partial charge in [-0.1, -0.05) is 243 Å². The van der Waals surface area contributed by atoms with E-state index in [0.717, 1.165) is 89.0 Å². The topological polar surface area (TPSA) is 34.1 Å². The molecule has 0 unspecified atom stereocenters. The Morgan fingerprint density at radius 3 is 0.537 bits per heavy atom. The first kappa shape index (κ1) is 49.5. The van der Waals surface area contributed by atoms with Crippen LogP contribution in [0.2, 0.25) is 0 Å². The standard InChI is InChI=1S/2C39H28O/c2*1-25-7-3-5-9-33(25)29-15-11-27(12-16-29)31-19-21-35-36-22-20-32(24-38(36)39(40)37(35)23-31)28-13-17-30(18-14-28)34-10-6-4-8-26(34)2/h2*3-24H,1-2H3. The maximum atomic E-state index is 13.6. The van der Waals surface area contributed by atoms with Gasteiger partial charge >= 0.3 is 0 Å². The third-order valence-electron chi connectivity index (χ3n) is 16.3. The predicted molar refractivity (Wildman–Crippen MR) is 333 cm³/mol. The summed E-state index contributed by atoms with van der Waals surface area (Å²) in [4.78, 5) is 27.2. The van der Waals surface area contributed by atoms with E-state index in [9.17, 15) is 9.59 Å². The number of hydrogen-bond donors (Lipinski definition) is 0. The molecular formula is C78H56O2. The monoisotopic (exact) mass is 1020 g/mol. The van der Waals surface area contributed by atoms with Crippen molar-refractivity contribution < 1.29 is 9.59 Å². The van der Waals surface area contributed by atoms with E-state index in [0.29, 0.717) is 0 Å². The Kier molecular flexibility index (Phi) is 12.8. The van der Waals surface area contributed by atoms with Crippen LogP contribution in [0.25, 0.3) is 111 Å². The lowest BCUT2D eigenvalue weighted by molar-refractivity contribution is 0.103. The Morgan fingerprint density at radius 2 is 0.338 bits per heavy atom. The third kappa shape index (κ3) is 9.21. The van der Waals surface area contributed by atoms with Gasteiger partial charge in [0.2, 0.25) is 0 Å². The normalized spacial score (nSPS) is 11.8. The lowest BCUT2D eigenvalue weighted by atomic mass is 9.95. The van der Waals surface area contributed by atoms with Crippen molar-refractivity contribution >= 4 is 11.6 Å². The molecule has 0 bridgehead atoms. The molecule has 2 nitrogen and oxygen atoms in total. The summed E-state index contributed by atoms with van der Waals surface area (Å²) in [5.41, 5.74) is 30.7. The first-order valence-electron chi connectivity index (χ1n) is 27.5. The van der Waals surface area contributed by atoms with Gasteiger partial charge in [-0.15, -0.1) is 0 Å². The molecule has 2 heteroatoms. The highest BCUT2D eigenvalue weighted by Crippen LogP contribution is 2.43. The first-order valence-corrected chi connectivity index (χ1v) is 27.5. The second kappa shape index (κ2) is 20.7. The number of fused-ring (bicyclic) bond motifs is 6. The summed E-state index contributed by atoms with van der Waals surface area (Å²) in [7, 11) is 0. The molecule has 12 aromatic carbocycles. The van der Waals surface area contributed by atoms with E-state index in [1.165, 1.54) is 66.8 Å². The van der Waals surface area contributed by atoms with Gasteiger partial charge in [0.25, 0.3) is 0 Å². The molecule has 12 aromatic rings. The first-order chi connectivity index (χ1) is 39.1. The van der Waals surface area contributed by atoms with Gasteiger partial charge in [-0.25, -0.2) is 0 Å². The third-order valence-corrected chi connectivity index (χ3v) is 16.3. The molecule has 0 fully saturated rings. The quantitative estimate of drug-likeness (QED) is 0.152. The molecule has 80 heavy (non-hydrogen) atoms. The fourth-order valence-electron chi connectivity index (χ4n) is 11.8. The van der Waals surface area contributed by atoms with Gasteiger partial charge in [-0.05, 0) is 185 Å². The van der Waals surface area contributed by atoms with E-state index < -0.39 is 0 Å². The number of hydrogen-bond acceptors (Lipinski definition) is 2. The van der Waals surface area contributed by atoms with Crippen LogP contribution in [0.5, 0.6) is 0 Å². The summed E-state index contributed by atoms with van der Waals surface area (Å²) in [6, 6.07) is 93.4. The summed E-state index contributed by atoms with van der Waals surface area (Å²) >= 11 is 0. The summed E-state index contributed by atoms with van der Waals surface area (Å²) < 4.78 is 0. The summed E-state index contributed by atoms with van der Waals surface area (Å²) in [5, 5.41) is 0. The van der Waals surface area contributed by atoms with Gasteiger partial charge in [0.1, 0.15) is 0 Å². The molecular weight excluding hydrogens is 969 g/mol. The minimum absolute atomic E-state index is 0.0989. The van der Waals surface area contributed by atoms with Crippen LogP contribution in [0.4, 0.5) is 0 Å². The summed E-state index contributed by atoms with van der Waals surface area (Å²) in [6.07, 6.45) is 0. The van der Waals surface area contributed by atoms with E-state index >= 15 is 0 Å². The number of carbonyl (C=O) groups excluding carboxylic acids is 2. The van der Waals surface area contributed by atoms with Crippen LogP contribution in [0.3, 0.4) is 0 Å². The zero-order chi connectivity index (χ0) is 54.4. The Balaban J connectivity index is 0.000000151. The molecule has 0 atom stereocenters. The van der Waals surface area contributed by atoms with Crippen LogP contribution in [0, 0.1) is 27.7 Å². The molecule has 0 saturated carbocycles. The average molecular weight is 1030 g/mol. The molecule has 0 amide bonds. The Bertz CT molecular complexity index is 3820. The molecule has 0 N–H and O–H groups in total. The summed E-state index contributed by atoms with van der Waals surface area (Å²) in [6.45, 7) is 8.55. The largest absolute Gasteiger partial charge is 0.289 e. The van der Waals surface area contributed by atoms with Gasteiger partial charge in [-0.3, -0.25) is 9.59 Å². The number of ketones is 2. The van der Waals surface area contributed by atoms with Gasteiger partial charge in [0.05, 0.1) is 0 Å². The van der Waals surface area contributed by atoms with Gasteiger partial charge < -0.3 is 0 Å². The van der Waals surface area contributed by atoms with Gasteiger partial charge in [0, 0.05) is 22.3 Å².